The number of halogens is 1. The first-order valence-corrected chi connectivity index (χ1v) is 17.1. The van der Waals surface area contributed by atoms with E-state index in [2.05, 4.69) is 34.9 Å². The average Bonchev–Trinajstić information content (AvgIpc) is 3.35. The van der Waals surface area contributed by atoms with Crippen LogP contribution in [0.3, 0.4) is 0 Å². The summed E-state index contributed by atoms with van der Waals surface area (Å²) < 4.78 is 27.4. The van der Waals surface area contributed by atoms with Gasteiger partial charge >= 0.3 is 5.97 Å². The Balaban J connectivity index is 1.64. The van der Waals surface area contributed by atoms with Crippen molar-refractivity contribution < 1.29 is 23.5 Å². The van der Waals surface area contributed by atoms with Crippen LogP contribution in [0.5, 0.6) is 0 Å². The third kappa shape index (κ3) is 7.32. The van der Waals surface area contributed by atoms with Gasteiger partial charge in [-0.15, -0.1) is 0 Å². The molecule has 1 amide bonds. The van der Waals surface area contributed by atoms with E-state index in [1.54, 1.807) is 35.0 Å². The molecule has 1 atom stereocenters. The SMILES string of the molecule is COC(=O)c1cc(-c2cn(COCC[Si](C)(C)C)c(C(=O)Nc3cccc(F)c3N3CCC[C@@H](N)C3)n2)ccn1. The number of nitrogens with two attached hydrogens (primary N) is 1. The molecule has 12 heteroatoms. The van der Waals surface area contributed by atoms with Crippen molar-refractivity contribution in [2.75, 3.05) is 37.0 Å². The molecule has 1 aliphatic heterocycles. The topological polar surface area (TPSA) is 125 Å². The third-order valence-electron chi connectivity index (χ3n) is 6.67. The smallest absolute Gasteiger partial charge is 0.356 e. The van der Waals surface area contributed by atoms with Crippen LogP contribution in [0.25, 0.3) is 11.3 Å². The van der Waals surface area contributed by atoms with E-state index < -0.39 is 25.8 Å². The van der Waals surface area contributed by atoms with Crippen molar-refractivity contribution in [3.05, 3.63) is 60.1 Å². The van der Waals surface area contributed by atoms with E-state index in [1.165, 1.54) is 19.4 Å². The zero-order valence-corrected chi connectivity index (χ0v) is 24.4. The monoisotopic (exact) mass is 568 g/mol. The molecule has 0 aliphatic carbocycles. The molecule has 1 aliphatic rings. The highest BCUT2D eigenvalue weighted by atomic mass is 28.3. The third-order valence-corrected chi connectivity index (χ3v) is 8.37. The van der Waals surface area contributed by atoms with Crippen molar-refractivity contribution in [1.82, 2.24) is 14.5 Å². The number of nitrogens with one attached hydrogen (secondary N) is 1. The average molecular weight is 569 g/mol. The van der Waals surface area contributed by atoms with Crippen LogP contribution < -0.4 is 16.0 Å². The van der Waals surface area contributed by atoms with Crippen molar-refractivity contribution >= 4 is 31.3 Å². The fourth-order valence-electron chi connectivity index (χ4n) is 4.51. The maximum atomic E-state index is 15.0. The molecular weight excluding hydrogens is 531 g/mol. The van der Waals surface area contributed by atoms with Gasteiger partial charge in [0.2, 0.25) is 5.82 Å². The van der Waals surface area contributed by atoms with Crippen molar-refractivity contribution in [1.29, 1.82) is 0 Å². The highest BCUT2D eigenvalue weighted by molar-refractivity contribution is 6.76. The standard InChI is InChI=1S/C28H37FN6O4Si/c1-38-28(37)23-15-19(10-11-31-23)24-17-35(18-39-13-14-40(2,3)4)26(32-24)27(36)33-22-9-5-8-21(29)25(22)34-12-6-7-20(30)16-34/h5,8-11,15,17,20H,6-7,12-14,16,18,30H2,1-4H3,(H,33,36)/t20-/m1/s1. The Morgan fingerprint density at radius 3 is 2.77 bits per heavy atom. The molecule has 0 spiro atoms. The molecule has 2 aromatic heterocycles. The molecule has 40 heavy (non-hydrogen) atoms. The van der Waals surface area contributed by atoms with Gasteiger partial charge in [0.1, 0.15) is 18.2 Å². The van der Waals surface area contributed by atoms with Crippen LogP contribution in [0.2, 0.25) is 25.7 Å². The molecule has 1 fully saturated rings. The van der Waals surface area contributed by atoms with Gasteiger partial charge in [-0.3, -0.25) is 4.79 Å². The number of methoxy groups -OCH3 is 1. The molecule has 3 heterocycles. The first-order chi connectivity index (χ1) is 19.1. The summed E-state index contributed by atoms with van der Waals surface area (Å²) in [4.78, 5) is 36.1. The lowest BCUT2D eigenvalue weighted by atomic mass is 10.1. The summed E-state index contributed by atoms with van der Waals surface area (Å²) in [6.45, 7) is 8.58. The summed E-state index contributed by atoms with van der Waals surface area (Å²) in [6.07, 6.45) is 4.88. The van der Waals surface area contributed by atoms with Gasteiger partial charge in [0.05, 0.1) is 24.2 Å². The Morgan fingerprint density at radius 1 is 1.25 bits per heavy atom. The fraction of sp³-hybridized carbons (Fsp3) is 0.429. The number of amides is 1. The first kappa shape index (κ1) is 29.4. The van der Waals surface area contributed by atoms with E-state index >= 15 is 4.39 Å². The summed E-state index contributed by atoms with van der Waals surface area (Å²) in [5, 5.41) is 2.86. The van der Waals surface area contributed by atoms with Gasteiger partial charge in [-0.05, 0) is 43.2 Å². The van der Waals surface area contributed by atoms with Gasteiger partial charge in [0, 0.05) is 51.8 Å². The largest absolute Gasteiger partial charge is 0.464 e. The Kier molecular flexibility index (Phi) is 9.33. The van der Waals surface area contributed by atoms with Gasteiger partial charge in [-0.25, -0.2) is 19.2 Å². The van der Waals surface area contributed by atoms with Crippen LogP contribution in [-0.4, -0.2) is 67.3 Å². The number of aromatic nitrogens is 3. The van der Waals surface area contributed by atoms with Crippen LogP contribution in [0.15, 0.2) is 42.7 Å². The Morgan fingerprint density at radius 2 is 2.05 bits per heavy atom. The predicted octanol–water partition coefficient (Wildman–Crippen LogP) is 4.36. The lowest BCUT2D eigenvalue weighted by Crippen LogP contribution is -2.43. The summed E-state index contributed by atoms with van der Waals surface area (Å²) in [6, 6.07) is 8.74. The Bertz CT molecular complexity index is 1360. The summed E-state index contributed by atoms with van der Waals surface area (Å²) >= 11 is 0. The van der Waals surface area contributed by atoms with Crippen molar-refractivity contribution in [3.8, 4) is 11.3 Å². The highest BCUT2D eigenvalue weighted by Gasteiger charge is 2.25. The minimum absolute atomic E-state index is 0.0677. The minimum atomic E-state index is -1.31. The molecule has 214 valence electrons. The summed E-state index contributed by atoms with van der Waals surface area (Å²) in [5.41, 5.74) is 7.95. The van der Waals surface area contributed by atoms with E-state index in [9.17, 15) is 9.59 Å². The number of anilines is 2. The number of esters is 1. The van der Waals surface area contributed by atoms with Crippen LogP contribution in [0, 0.1) is 5.82 Å². The van der Waals surface area contributed by atoms with Crippen molar-refractivity contribution in [3.63, 3.8) is 0 Å². The zero-order chi connectivity index (χ0) is 28.9. The van der Waals surface area contributed by atoms with Crippen LogP contribution in [0.4, 0.5) is 15.8 Å². The number of carbonyl (C=O) groups excluding carboxylic acids is 2. The molecule has 0 bridgehead atoms. The van der Waals surface area contributed by atoms with Crippen LogP contribution in [0.1, 0.15) is 33.9 Å². The van der Waals surface area contributed by atoms with E-state index in [-0.39, 0.29) is 24.3 Å². The molecule has 10 nitrogen and oxygen atoms in total. The molecule has 0 unspecified atom stereocenters. The van der Waals surface area contributed by atoms with Gasteiger partial charge in [0.25, 0.3) is 5.91 Å². The van der Waals surface area contributed by atoms with Crippen molar-refractivity contribution in [2.45, 2.75) is 51.3 Å². The number of para-hydroxylation sites is 1. The van der Waals surface area contributed by atoms with E-state index in [4.69, 9.17) is 15.2 Å². The molecule has 3 aromatic rings. The molecule has 1 saturated heterocycles. The molecular formula is C28H37FN6O4Si. The number of benzene rings is 1. The van der Waals surface area contributed by atoms with Crippen LogP contribution in [-0.2, 0) is 16.2 Å². The predicted molar refractivity (Wildman–Crippen MR) is 155 cm³/mol. The number of nitrogens with zero attached hydrogens (tertiary/aromatic N) is 4. The van der Waals surface area contributed by atoms with Gasteiger partial charge in [-0.2, -0.15) is 0 Å². The second-order valence-corrected chi connectivity index (χ2v) is 16.7. The number of rotatable bonds is 10. The second-order valence-electron chi connectivity index (χ2n) is 11.1. The highest BCUT2D eigenvalue weighted by Crippen LogP contribution is 2.32. The van der Waals surface area contributed by atoms with E-state index in [0.29, 0.717) is 42.3 Å². The fourth-order valence-corrected chi connectivity index (χ4v) is 5.27. The number of pyridine rings is 1. The van der Waals surface area contributed by atoms with Gasteiger partial charge in [-0.1, -0.05) is 25.7 Å². The maximum absolute atomic E-state index is 15.0. The number of ether oxygens (including phenoxy) is 2. The summed E-state index contributed by atoms with van der Waals surface area (Å²) in [7, 11) is -0.0307. The zero-order valence-electron chi connectivity index (χ0n) is 23.4. The Labute approximate surface area is 234 Å². The lowest BCUT2D eigenvalue weighted by Gasteiger charge is -2.34. The lowest BCUT2D eigenvalue weighted by molar-refractivity contribution is 0.0594. The molecule has 3 N–H and O–H groups in total. The number of piperidine rings is 1. The van der Waals surface area contributed by atoms with Gasteiger partial charge in [0.15, 0.2) is 0 Å². The number of imidazole rings is 1. The molecule has 0 saturated carbocycles. The van der Waals surface area contributed by atoms with E-state index in [0.717, 1.165) is 18.9 Å². The second kappa shape index (κ2) is 12.7. The Hall–Kier alpha value is -3.61. The minimum Gasteiger partial charge on any atom is -0.464 e. The normalized spacial score (nSPS) is 15.7. The summed E-state index contributed by atoms with van der Waals surface area (Å²) in [5.74, 6) is -1.44. The maximum Gasteiger partial charge on any atom is 0.356 e. The molecule has 4 rings (SSSR count). The van der Waals surface area contributed by atoms with Crippen LogP contribution >= 0.6 is 0 Å². The number of carbonyl (C=O) groups is 2. The first-order valence-electron chi connectivity index (χ1n) is 13.4. The molecule has 0 radical (unpaired) electrons. The van der Waals surface area contributed by atoms with Crippen molar-refractivity contribution in [2.24, 2.45) is 5.73 Å². The molecule has 1 aromatic carbocycles. The quantitative estimate of drug-likeness (QED) is 0.210. The van der Waals surface area contributed by atoms with E-state index in [1.807, 2.05) is 4.90 Å². The number of hydrogen-bond donors (Lipinski definition) is 2. The number of hydrogen-bond acceptors (Lipinski definition) is 8. The van der Waals surface area contributed by atoms with Gasteiger partial charge < -0.3 is 30.0 Å².